The number of hydrogen-bond donors (Lipinski definition) is 0. The van der Waals surface area contributed by atoms with Gasteiger partial charge in [0.25, 0.3) is 0 Å². The zero-order valence-electron chi connectivity index (χ0n) is 17.5. The van der Waals surface area contributed by atoms with E-state index in [4.69, 9.17) is 14.8 Å². The largest absolute Gasteiger partial charge is 0.378 e. The lowest BCUT2D eigenvalue weighted by molar-refractivity contribution is 0.123. The van der Waals surface area contributed by atoms with Crippen LogP contribution in [-0.2, 0) is 11.3 Å². The van der Waals surface area contributed by atoms with Crippen LogP contribution in [0.2, 0.25) is 0 Å². The van der Waals surface area contributed by atoms with E-state index in [0.29, 0.717) is 19.8 Å². The highest BCUT2D eigenvalue weighted by Crippen LogP contribution is 2.26. The molecule has 1 saturated heterocycles. The van der Waals surface area contributed by atoms with Gasteiger partial charge in [-0.3, -0.25) is 9.98 Å². The van der Waals surface area contributed by atoms with Gasteiger partial charge in [0.05, 0.1) is 43.0 Å². The number of ether oxygens (including phenoxy) is 1. The number of pyridine rings is 1. The lowest BCUT2D eigenvalue weighted by Gasteiger charge is -2.29. The van der Waals surface area contributed by atoms with E-state index in [9.17, 15) is 0 Å². The Morgan fingerprint density at radius 1 is 1.06 bits per heavy atom. The van der Waals surface area contributed by atoms with Crippen LogP contribution in [0.25, 0.3) is 16.9 Å². The van der Waals surface area contributed by atoms with E-state index in [0.717, 1.165) is 46.9 Å². The van der Waals surface area contributed by atoms with Crippen molar-refractivity contribution in [2.75, 3.05) is 31.2 Å². The molecule has 4 heterocycles. The lowest BCUT2D eigenvalue weighted by atomic mass is 10.2. The maximum absolute atomic E-state index is 5.55. The van der Waals surface area contributed by atoms with Crippen LogP contribution in [0.15, 0.2) is 66.0 Å². The number of nitrogens with zero attached hydrogens (tertiary/aromatic N) is 6. The fraction of sp³-hybridized carbons (Fsp3) is 0.250. The Balaban J connectivity index is 1.49. The summed E-state index contributed by atoms with van der Waals surface area (Å²) < 4.78 is 7.42. The minimum atomic E-state index is 0.504. The molecule has 0 aliphatic carbocycles. The fourth-order valence-corrected chi connectivity index (χ4v) is 3.68. The SMILES string of the molecule is Cc1ccc(C=NCc2cc(N3CCOCC3)c3nc(-c4ccncc4)cn3n2)cc1. The number of aromatic nitrogens is 4. The molecule has 3 aromatic heterocycles. The molecule has 7 heteroatoms. The van der Waals surface area contributed by atoms with E-state index >= 15 is 0 Å². The van der Waals surface area contributed by atoms with Crippen LogP contribution >= 0.6 is 0 Å². The molecule has 7 nitrogen and oxygen atoms in total. The van der Waals surface area contributed by atoms with E-state index in [2.05, 4.69) is 52.1 Å². The van der Waals surface area contributed by atoms with Crippen molar-refractivity contribution in [1.29, 1.82) is 0 Å². The van der Waals surface area contributed by atoms with Gasteiger partial charge in [-0.05, 0) is 30.7 Å². The smallest absolute Gasteiger partial charge is 0.177 e. The molecule has 156 valence electrons. The maximum Gasteiger partial charge on any atom is 0.177 e. The van der Waals surface area contributed by atoms with Crippen LogP contribution in [0, 0.1) is 6.92 Å². The van der Waals surface area contributed by atoms with Crippen molar-refractivity contribution in [3.63, 3.8) is 0 Å². The summed E-state index contributed by atoms with van der Waals surface area (Å²) in [7, 11) is 0. The summed E-state index contributed by atoms with van der Waals surface area (Å²) in [6.07, 6.45) is 7.43. The molecule has 5 rings (SSSR count). The molecule has 0 radical (unpaired) electrons. The first kappa shape index (κ1) is 19.4. The van der Waals surface area contributed by atoms with Crippen LogP contribution in [0.1, 0.15) is 16.8 Å². The van der Waals surface area contributed by atoms with Crippen LogP contribution in [-0.4, -0.2) is 52.1 Å². The fourth-order valence-electron chi connectivity index (χ4n) is 3.68. The number of morpholine rings is 1. The third-order valence-electron chi connectivity index (χ3n) is 5.36. The van der Waals surface area contributed by atoms with Crippen LogP contribution < -0.4 is 4.90 Å². The number of fused-ring (bicyclic) bond motifs is 1. The van der Waals surface area contributed by atoms with Crippen LogP contribution in [0.5, 0.6) is 0 Å². The molecule has 0 saturated carbocycles. The Morgan fingerprint density at radius 3 is 2.61 bits per heavy atom. The van der Waals surface area contributed by atoms with Gasteiger partial charge in [-0.2, -0.15) is 5.10 Å². The van der Waals surface area contributed by atoms with Crippen molar-refractivity contribution < 1.29 is 4.74 Å². The lowest BCUT2D eigenvalue weighted by Crippen LogP contribution is -2.36. The van der Waals surface area contributed by atoms with E-state index in [1.54, 1.807) is 12.4 Å². The first-order valence-electron chi connectivity index (χ1n) is 10.5. The average molecular weight is 412 g/mol. The summed E-state index contributed by atoms with van der Waals surface area (Å²) in [4.78, 5) is 15.9. The van der Waals surface area contributed by atoms with E-state index in [-0.39, 0.29) is 0 Å². The molecule has 1 aliphatic rings. The van der Waals surface area contributed by atoms with E-state index in [1.807, 2.05) is 29.1 Å². The van der Waals surface area contributed by atoms with Crippen molar-refractivity contribution in [3.8, 4) is 11.3 Å². The second kappa shape index (κ2) is 8.65. The number of hydrogen-bond acceptors (Lipinski definition) is 6. The Kier molecular flexibility index (Phi) is 5.41. The summed E-state index contributed by atoms with van der Waals surface area (Å²) in [5, 5.41) is 4.79. The standard InChI is InChI=1S/C24H24N6O/c1-18-2-4-19(5-3-18)15-26-16-21-14-23(29-10-12-31-13-11-29)24-27-22(17-30(24)28-21)20-6-8-25-9-7-20/h2-9,14-15,17H,10-13,16H2,1H3. The molecule has 0 atom stereocenters. The molecule has 31 heavy (non-hydrogen) atoms. The first-order chi connectivity index (χ1) is 15.3. The molecule has 0 bridgehead atoms. The van der Waals surface area contributed by atoms with Crippen molar-refractivity contribution in [1.82, 2.24) is 19.6 Å². The zero-order chi connectivity index (χ0) is 21.0. The number of benzene rings is 1. The molecule has 1 fully saturated rings. The summed E-state index contributed by atoms with van der Waals surface area (Å²) in [5.74, 6) is 0. The van der Waals surface area contributed by atoms with E-state index in [1.165, 1.54) is 5.56 Å². The number of aryl methyl sites for hydroxylation is 1. The maximum atomic E-state index is 5.55. The number of rotatable bonds is 5. The van der Waals surface area contributed by atoms with Gasteiger partial charge in [-0.25, -0.2) is 9.50 Å². The van der Waals surface area contributed by atoms with Crippen LogP contribution in [0.3, 0.4) is 0 Å². The van der Waals surface area contributed by atoms with Gasteiger partial charge in [0.2, 0.25) is 0 Å². The van der Waals surface area contributed by atoms with Crippen molar-refractivity contribution >= 4 is 17.5 Å². The summed E-state index contributed by atoms with van der Waals surface area (Å²) in [6, 6.07) is 14.4. The van der Waals surface area contributed by atoms with Gasteiger partial charge < -0.3 is 9.64 Å². The van der Waals surface area contributed by atoms with Gasteiger partial charge in [0.15, 0.2) is 5.65 Å². The molecule has 0 N–H and O–H groups in total. The molecule has 1 aliphatic heterocycles. The third-order valence-corrected chi connectivity index (χ3v) is 5.36. The minimum absolute atomic E-state index is 0.504. The van der Waals surface area contributed by atoms with Crippen molar-refractivity contribution in [2.45, 2.75) is 13.5 Å². The highest BCUT2D eigenvalue weighted by molar-refractivity contribution is 5.79. The summed E-state index contributed by atoms with van der Waals surface area (Å²) in [5.41, 5.74) is 7.04. The number of anilines is 1. The van der Waals surface area contributed by atoms with Gasteiger partial charge in [0.1, 0.15) is 0 Å². The average Bonchev–Trinajstić information content (AvgIpc) is 3.25. The molecular formula is C24H24N6O. The second-order valence-corrected chi connectivity index (χ2v) is 7.63. The minimum Gasteiger partial charge on any atom is -0.378 e. The topological polar surface area (TPSA) is 67.9 Å². The highest BCUT2D eigenvalue weighted by atomic mass is 16.5. The van der Waals surface area contributed by atoms with Crippen molar-refractivity contribution in [2.24, 2.45) is 4.99 Å². The predicted molar refractivity (Wildman–Crippen MR) is 122 cm³/mol. The molecule has 0 unspecified atom stereocenters. The Labute approximate surface area is 181 Å². The molecular weight excluding hydrogens is 388 g/mol. The van der Waals surface area contributed by atoms with Gasteiger partial charge >= 0.3 is 0 Å². The second-order valence-electron chi connectivity index (χ2n) is 7.63. The predicted octanol–water partition coefficient (Wildman–Crippen LogP) is 3.56. The Hall–Kier alpha value is -3.58. The van der Waals surface area contributed by atoms with Gasteiger partial charge in [0, 0.05) is 37.3 Å². The van der Waals surface area contributed by atoms with Crippen LogP contribution in [0.4, 0.5) is 5.69 Å². The number of imidazole rings is 1. The highest BCUT2D eigenvalue weighted by Gasteiger charge is 2.18. The quantitative estimate of drug-likeness (QED) is 0.469. The summed E-state index contributed by atoms with van der Waals surface area (Å²) in [6.45, 7) is 5.69. The Morgan fingerprint density at radius 2 is 1.84 bits per heavy atom. The first-order valence-corrected chi connectivity index (χ1v) is 10.5. The van der Waals surface area contributed by atoms with E-state index < -0.39 is 0 Å². The van der Waals surface area contributed by atoms with Crippen molar-refractivity contribution in [3.05, 3.63) is 77.9 Å². The molecule has 4 aromatic rings. The normalized spacial score (nSPS) is 14.5. The van der Waals surface area contributed by atoms with Gasteiger partial charge in [-0.15, -0.1) is 0 Å². The summed E-state index contributed by atoms with van der Waals surface area (Å²) >= 11 is 0. The third kappa shape index (κ3) is 4.32. The number of aliphatic imine (C=N–C) groups is 1. The monoisotopic (exact) mass is 412 g/mol. The molecule has 0 spiro atoms. The Bertz CT molecular complexity index is 1190. The zero-order valence-corrected chi connectivity index (χ0v) is 17.5. The molecule has 1 aromatic carbocycles. The van der Waals surface area contributed by atoms with Gasteiger partial charge in [-0.1, -0.05) is 29.8 Å². The molecule has 0 amide bonds.